The van der Waals surface area contributed by atoms with Crippen LogP contribution in [-0.4, -0.2) is 11.0 Å². The number of amides is 1. The molecule has 0 saturated carbocycles. The molecule has 0 bridgehead atoms. The molecule has 2 aromatic carbocycles. The van der Waals surface area contributed by atoms with Crippen LogP contribution < -0.4 is 5.32 Å². The topological polar surface area (TPSA) is 73.1 Å². The maximum atomic E-state index is 12.1. The Balaban J connectivity index is 2.00. The first kappa shape index (κ1) is 17.6. The number of phenolic OH excluding ortho intramolecular Hbond substituents is 1. The number of nitrogens with zero attached hydrogens (tertiary/aromatic N) is 1. The molecule has 0 aliphatic carbocycles. The van der Waals surface area contributed by atoms with Gasteiger partial charge in [0.25, 0.3) is 0 Å². The molecule has 0 saturated heterocycles. The van der Waals surface area contributed by atoms with Gasteiger partial charge in [0.05, 0.1) is 17.3 Å². The van der Waals surface area contributed by atoms with Crippen molar-refractivity contribution in [1.29, 1.82) is 5.26 Å². The van der Waals surface area contributed by atoms with E-state index in [1.165, 1.54) is 0 Å². The van der Waals surface area contributed by atoms with Gasteiger partial charge in [0, 0.05) is 6.42 Å². The van der Waals surface area contributed by atoms with Crippen LogP contribution in [0.4, 0.5) is 5.69 Å². The van der Waals surface area contributed by atoms with Gasteiger partial charge in [0.15, 0.2) is 0 Å². The van der Waals surface area contributed by atoms with Crippen molar-refractivity contribution in [3.05, 3.63) is 59.2 Å². The zero-order chi connectivity index (χ0) is 17.7. The molecule has 2 rings (SSSR count). The first-order chi connectivity index (χ1) is 11.3. The van der Waals surface area contributed by atoms with Crippen molar-refractivity contribution in [1.82, 2.24) is 0 Å². The van der Waals surface area contributed by atoms with E-state index in [1.807, 2.05) is 24.3 Å². The number of aryl methyl sites for hydroxylation is 1. The molecular formula is C20H22N2O2. The van der Waals surface area contributed by atoms with Crippen LogP contribution in [0.5, 0.6) is 5.75 Å². The minimum atomic E-state index is -0.152. The highest BCUT2D eigenvalue weighted by Gasteiger charge is 2.16. The number of carbonyl (C=O) groups is 1. The number of hydrogen-bond donors (Lipinski definition) is 2. The van der Waals surface area contributed by atoms with Gasteiger partial charge in [0.1, 0.15) is 5.75 Å². The lowest BCUT2D eigenvalue weighted by Crippen LogP contribution is -2.15. The molecule has 0 radical (unpaired) electrons. The van der Waals surface area contributed by atoms with E-state index in [0.717, 1.165) is 11.1 Å². The second-order valence-corrected chi connectivity index (χ2v) is 6.84. The monoisotopic (exact) mass is 322 g/mol. The number of hydrogen-bond acceptors (Lipinski definition) is 3. The highest BCUT2D eigenvalue weighted by atomic mass is 16.3. The summed E-state index contributed by atoms with van der Waals surface area (Å²) >= 11 is 0. The molecule has 0 atom stereocenters. The third-order valence-electron chi connectivity index (χ3n) is 3.86. The number of anilines is 1. The minimum absolute atomic E-state index is 0.0599. The SMILES string of the molecule is CC(C)(C)c1ccc(O)c(NC(=O)CCc2ccc(C#N)cc2)c1. The molecule has 0 heterocycles. The molecule has 4 heteroatoms. The molecule has 0 aromatic heterocycles. The maximum absolute atomic E-state index is 12.1. The van der Waals surface area contributed by atoms with E-state index in [9.17, 15) is 9.90 Å². The Bertz CT molecular complexity index is 766. The molecule has 0 unspecified atom stereocenters. The van der Waals surface area contributed by atoms with E-state index in [2.05, 4.69) is 32.2 Å². The number of benzene rings is 2. The van der Waals surface area contributed by atoms with Crippen LogP contribution >= 0.6 is 0 Å². The van der Waals surface area contributed by atoms with Gasteiger partial charge in [0.2, 0.25) is 5.91 Å². The number of rotatable bonds is 4. The van der Waals surface area contributed by atoms with Gasteiger partial charge in [-0.05, 0) is 47.2 Å². The van der Waals surface area contributed by atoms with Gasteiger partial charge >= 0.3 is 0 Å². The first-order valence-corrected chi connectivity index (χ1v) is 7.92. The van der Waals surface area contributed by atoms with Gasteiger partial charge in [-0.15, -0.1) is 0 Å². The fourth-order valence-electron chi connectivity index (χ4n) is 2.32. The molecule has 1 amide bonds. The molecule has 2 aromatic rings. The average molecular weight is 322 g/mol. The number of nitrogens with one attached hydrogen (secondary N) is 1. The highest BCUT2D eigenvalue weighted by molar-refractivity contribution is 5.92. The van der Waals surface area contributed by atoms with Gasteiger partial charge in [-0.3, -0.25) is 4.79 Å². The molecule has 4 nitrogen and oxygen atoms in total. The van der Waals surface area contributed by atoms with Crippen molar-refractivity contribution in [2.24, 2.45) is 0 Å². The van der Waals surface area contributed by atoms with E-state index in [4.69, 9.17) is 5.26 Å². The summed E-state index contributed by atoms with van der Waals surface area (Å²) in [5, 5.41) is 21.5. The summed E-state index contributed by atoms with van der Waals surface area (Å²) in [4.78, 5) is 12.1. The van der Waals surface area contributed by atoms with Crippen LogP contribution in [0.15, 0.2) is 42.5 Å². The summed E-state index contributed by atoms with van der Waals surface area (Å²) in [5.74, 6) is -0.0876. The Morgan fingerprint density at radius 1 is 1.17 bits per heavy atom. The molecule has 2 N–H and O–H groups in total. The molecule has 24 heavy (non-hydrogen) atoms. The lowest BCUT2D eigenvalue weighted by molar-refractivity contribution is -0.116. The zero-order valence-electron chi connectivity index (χ0n) is 14.3. The Kier molecular flexibility index (Phi) is 5.25. The summed E-state index contributed by atoms with van der Waals surface area (Å²) in [5.41, 5.74) is 3.02. The number of phenols is 1. The summed E-state index contributed by atoms with van der Waals surface area (Å²) in [6.07, 6.45) is 0.891. The molecule has 124 valence electrons. The predicted molar refractivity (Wildman–Crippen MR) is 94.9 cm³/mol. The van der Waals surface area contributed by atoms with E-state index in [-0.39, 0.29) is 17.1 Å². The lowest BCUT2D eigenvalue weighted by Gasteiger charge is -2.20. The van der Waals surface area contributed by atoms with Crippen molar-refractivity contribution < 1.29 is 9.90 Å². The Morgan fingerprint density at radius 2 is 1.83 bits per heavy atom. The zero-order valence-corrected chi connectivity index (χ0v) is 14.3. The summed E-state index contributed by atoms with van der Waals surface area (Å²) in [6, 6.07) is 14.5. The van der Waals surface area contributed by atoms with Gasteiger partial charge in [-0.1, -0.05) is 39.0 Å². The van der Waals surface area contributed by atoms with Crippen LogP contribution in [-0.2, 0) is 16.6 Å². The Labute approximate surface area is 142 Å². The van der Waals surface area contributed by atoms with Gasteiger partial charge in [-0.2, -0.15) is 5.26 Å². The van der Waals surface area contributed by atoms with Crippen LogP contribution in [0.2, 0.25) is 0 Å². The first-order valence-electron chi connectivity index (χ1n) is 7.92. The quantitative estimate of drug-likeness (QED) is 0.831. The third kappa shape index (κ3) is 4.60. The fourth-order valence-corrected chi connectivity index (χ4v) is 2.32. The van der Waals surface area contributed by atoms with Crippen LogP contribution in [0.25, 0.3) is 0 Å². The normalized spacial score (nSPS) is 10.9. The number of nitriles is 1. The fraction of sp³-hybridized carbons (Fsp3) is 0.300. The van der Waals surface area contributed by atoms with E-state index in [0.29, 0.717) is 24.1 Å². The van der Waals surface area contributed by atoms with Crippen LogP contribution in [0.3, 0.4) is 0 Å². The number of carbonyl (C=O) groups excluding carboxylic acids is 1. The van der Waals surface area contributed by atoms with Crippen LogP contribution in [0, 0.1) is 11.3 Å². The number of aromatic hydroxyl groups is 1. The van der Waals surface area contributed by atoms with Crippen molar-refractivity contribution in [2.45, 2.75) is 39.0 Å². The summed E-state index contributed by atoms with van der Waals surface area (Å²) in [6.45, 7) is 6.24. The Morgan fingerprint density at radius 3 is 2.42 bits per heavy atom. The minimum Gasteiger partial charge on any atom is -0.506 e. The van der Waals surface area contributed by atoms with Gasteiger partial charge in [-0.25, -0.2) is 0 Å². The molecular weight excluding hydrogens is 300 g/mol. The van der Waals surface area contributed by atoms with Crippen molar-refractivity contribution in [3.8, 4) is 11.8 Å². The van der Waals surface area contributed by atoms with Gasteiger partial charge < -0.3 is 10.4 Å². The van der Waals surface area contributed by atoms with Crippen molar-refractivity contribution in [3.63, 3.8) is 0 Å². The molecule has 0 aliphatic heterocycles. The third-order valence-corrected chi connectivity index (χ3v) is 3.86. The molecule has 0 fully saturated rings. The van der Waals surface area contributed by atoms with E-state index >= 15 is 0 Å². The average Bonchev–Trinajstić information content (AvgIpc) is 2.54. The van der Waals surface area contributed by atoms with E-state index in [1.54, 1.807) is 18.2 Å². The smallest absolute Gasteiger partial charge is 0.224 e. The summed E-state index contributed by atoms with van der Waals surface area (Å²) in [7, 11) is 0. The standard InChI is InChI=1S/C20H22N2O2/c1-20(2,3)16-9-10-18(23)17(12-16)22-19(24)11-8-14-4-6-15(13-21)7-5-14/h4-7,9-10,12,23H,8,11H2,1-3H3,(H,22,24). The van der Waals surface area contributed by atoms with Crippen LogP contribution in [0.1, 0.15) is 43.9 Å². The van der Waals surface area contributed by atoms with Crippen molar-refractivity contribution in [2.75, 3.05) is 5.32 Å². The lowest BCUT2D eigenvalue weighted by atomic mass is 9.87. The molecule has 0 spiro atoms. The highest BCUT2D eigenvalue weighted by Crippen LogP contribution is 2.30. The van der Waals surface area contributed by atoms with Crippen molar-refractivity contribution >= 4 is 11.6 Å². The second kappa shape index (κ2) is 7.18. The largest absolute Gasteiger partial charge is 0.506 e. The Hall–Kier alpha value is -2.80. The maximum Gasteiger partial charge on any atom is 0.224 e. The second-order valence-electron chi connectivity index (χ2n) is 6.84. The van der Waals surface area contributed by atoms with E-state index < -0.39 is 0 Å². The summed E-state index contributed by atoms with van der Waals surface area (Å²) < 4.78 is 0. The predicted octanol–water partition coefficient (Wildman–Crippen LogP) is 4.13. The molecule has 0 aliphatic rings.